The normalized spacial score (nSPS) is 10.4. The Morgan fingerprint density at radius 2 is 1.67 bits per heavy atom. The van der Waals surface area contributed by atoms with Crippen molar-refractivity contribution in [1.29, 1.82) is 0 Å². The first-order chi connectivity index (χ1) is 10.3. The third-order valence-electron chi connectivity index (χ3n) is 3.00. The van der Waals surface area contributed by atoms with Gasteiger partial charge in [-0.3, -0.25) is 4.98 Å². The van der Waals surface area contributed by atoms with Gasteiger partial charge in [0, 0.05) is 23.5 Å². The van der Waals surface area contributed by atoms with Crippen LogP contribution in [0.4, 0.5) is 0 Å². The Balaban J connectivity index is 1.97. The molecule has 21 heavy (non-hydrogen) atoms. The second-order valence-electron chi connectivity index (χ2n) is 4.23. The summed E-state index contributed by atoms with van der Waals surface area (Å²) in [7, 11) is 3.17. The van der Waals surface area contributed by atoms with E-state index in [4.69, 9.17) is 14.0 Å². The van der Waals surface area contributed by atoms with E-state index in [0.29, 0.717) is 23.2 Å². The molecular formula is C15H13N3O3. The van der Waals surface area contributed by atoms with Crippen molar-refractivity contribution in [2.24, 2.45) is 0 Å². The van der Waals surface area contributed by atoms with E-state index in [1.54, 1.807) is 38.7 Å². The molecule has 2 aromatic heterocycles. The van der Waals surface area contributed by atoms with Crippen molar-refractivity contribution in [3.05, 3.63) is 42.7 Å². The highest BCUT2D eigenvalue weighted by Gasteiger charge is 2.13. The maximum atomic E-state index is 5.27. The summed E-state index contributed by atoms with van der Waals surface area (Å²) in [6, 6.07) is 9.08. The highest BCUT2D eigenvalue weighted by molar-refractivity contribution is 5.63. The van der Waals surface area contributed by atoms with Gasteiger partial charge < -0.3 is 14.0 Å². The fourth-order valence-electron chi connectivity index (χ4n) is 1.93. The molecule has 0 radical (unpaired) electrons. The lowest BCUT2D eigenvalue weighted by Gasteiger charge is -2.07. The molecule has 0 bridgehead atoms. The Morgan fingerprint density at radius 3 is 2.38 bits per heavy atom. The van der Waals surface area contributed by atoms with Gasteiger partial charge >= 0.3 is 0 Å². The molecule has 2 heterocycles. The standard InChI is InChI=1S/C15H13N3O3/c1-19-12-4-3-11(9-13(12)20-2)14-17-15(21-18-14)10-5-7-16-8-6-10/h3-9H,1-2H3. The van der Waals surface area contributed by atoms with Crippen LogP contribution in [0.5, 0.6) is 11.5 Å². The summed E-state index contributed by atoms with van der Waals surface area (Å²) in [5.74, 6) is 2.20. The summed E-state index contributed by atoms with van der Waals surface area (Å²) >= 11 is 0. The summed E-state index contributed by atoms with van der Waals surface area (Å²) in [6.45, 7) is 0. The third kappa shape index (κ3) is 2.55. The van der Waals surface area contributed by atoms with Crippen LogP contribution in [0.2, 0.25) is 0 Å². The van der Waals surface area contributed by atoms with Gasteiger partial charge in [-0.05, 0) is 30.3 Å². The smallest absolute Gasteiger partial charge is 0.258 e. The van der Waals surface area contributed by atoms with E-state index in [1.807, 2.05) is 18.2 Å². The van der Waals surface area contributed by atoms with Crippen molar-refractivity contribution in [2.75, 3.05) is 14.2 Å². The predicted molar refractivity (Wildman–Crippen MR) is 76.1 cm³/mol. The molecule has 0 aliphatic heterocycles. The molecule has 6 heteroatoms. The topological polar surface area (TPSA) is 70.3 Å². The average Bonchev–Trinajstić information content (AvgIpc) is 3.05. The molecule has 0 aliphatic rings. The predicted octanol–water partition coefficient (Wildman–Crippen LogP) is 2.82. The summed E-state index contributed by atoms with van der Waals surface area (Å²) in [5.41, 5.74) is 1.61. The van der Waals surface area contributed by atoms with E-state index < -0.39 is 0 Å². The highest BCUT2D eigenvalue weighted by Crippen LogP contribution is 2.31. The number of aromatic nitrogens is 3. The number of hydrogen-bond donors (Lipinski definition) is 0. The van der Waals surface area contributed by atoms with Crippen molar-refractivity contribution in [3.63, 3.8) is 0 Å². The number of nitrogens with zero attached hydrogens (tertiary/aromatic N) is 3. The second-order valence-corrected chi connectivity index (χ2v) is 4.23. The summed E-state index contributed by atoms with van der Waals surface area (Å²) in [5, 5.41) is 3.99. The molecule has 0 N–H and O–H groups in total. The monoisotopic (exact) mass is 283 g/mol. The summed E-state index contributed by atoms with van der Waals surface area (Å²) in [4.78, 5) is 8.34. The minimum Gasteiger partial charge on any atom is -0.493 e. The Labute approximate surface area is 121 Å². The molecule has 0 fully saturated rings. The molecule has 106 valence electrons. The van der Waals surface area contributed by atoms with E-state index in [0.717, 1.165) is 11.1 Å². The van der Waals surface area contributed by atoms with Crippen LogP contribution in [0, 0.1) is 0 Å². The van der Waals surface area contributed by atoms with E-state index in [9.17, 15) is 0 Å². The van der Waals surface area contributed by atoms with Gasteiger partial charge in [0.25, 0.3) is 5.89 Å². The largest absolute Gasteiger partial charge is 0.493 e. The van der Waals surface area contributed by atoms with E-state index in [2.05, 4.69) is 15.1 Å². The number of rotatable bonds is 4. The Bertz CT molecular complexity index is 741. The molecule has 0 atom stereocenters. The van der Waals surface area contributed by atoms with E-state index >= 15 is 0 Å². The second kappa shape index (κ2) is 5.62. The molecular weight excluding hydrogens is 270 g/mol. The molecule has 6 nitrogen and oxygen atoms in total. The molecule has 0 saturated carbocycles. The Morgan fingerprint density at radius 1 is 0.905 bits per heavy atom. The van der Waals surface area contributed by atoms with Crippen LogP contribution in [0.15, 0.2) is 47.2 Å². The molecule has 3 aromatic rings. The highest BCUT2D eigenvalue weighted by atomic mass is 16.5. The Kier molecular flexibility index (Phi) is 3.51. The van der Waals surface area contributed by atoms with Gasteiger partial charge in [0.1, 0.15) is 0 Å². The van der Waals surface area contributed by atoms with Gasteiger partial charge in [0.15, 0.2) is 11.5 Å². The number of pyridine rings is 1. The Hall–Kier alpha value is -2.89. The number of hydrogen-bond acceptors (Lipinski definition) is 6. The van der Waals surface area contributed by atoms with Crippen LogP contribution in [0.25, 0.3) is 22.8 Å². The van der Waals surface area contributed by atoms with Crippen LogP contribution in [-0.4, -0.2) is 29.3 Å². The summed E-state index contributed by atoms with van der Waals surface area (Å²) in [6.07, 6.45) is 3.35. The number of benzene rings is 1. The molecule has 0 aliphatic carbocycles. The maximum absolute atomic E-state index is 5.27. The minimum atomic E-state index is 0.446. The summed E-state index contributed by atoms with van der Waals surface area (Å²) < 4.78 is 15.8. The quantitative estimate of drug-likeness (QED) is 0.733. The number of ether oxygens (including phenoxy) is 2. The fourth-order valence-corrected chi connectivity index (χ4v) is 1.93. The SMILES string of the molecule is COc1ccc(-c2noc(-c3ccncc3)n2)cc1OC. The van der Waals surface area contributed by atoms with Gasteiger partial charge in [0.2, 0.25) is 5.82 Å². The lowest BCUT2D eigenvalue weighted by atomic mass is 10.2. The van der Waals surface area contributed by atoms with Crippen molar-refractivity contribution in [2.45, 2.75) is 0 Å². The van der Waals surface area contributed by atoms with Gasteiger partial charge in [-0.15, -0.1) is 0 Å². The van der Waals surface area contributed by atoms with Crippen LogP contribution in [0.1, 0.15) is 0 Å². The van der Waals surface area contributed by atoms with Crippen molar-refractivity contribution >= 4 is 0 Å². The first kappa shape index (κ1) is 13.1. The first-order valence-corrected chi connectivity index (χ1v) is 6.28. The minimum absolute atomic E-state index is 0.446. The van der Waals surface area contributed by atoms with E-state index in [1.165, 1.54) is 0 Å². The van der Waals surface area contributed by atoms with Crippen molar-refractivity contribution in [1.82, 2.24) is 15.1 Å². The van der Waals surface area contributed by atoms with Crippen LogP contribution >= 0.6 is 0 Å². The molecule has 0 unspecified atom stereocenters. The zero-order chi connectivity index (χ0) is 14.7. The van der Waals surface area contributed by atoms with E-state index in [-0.39, 0.29) is 0 Å². The molecule has 0 saturated heterocycles. The average molecular weight is 283 g/mol. The van der Waals surface area contributed by atoms with Crippen molar-refractivity contribution < 1.29 is 14.0 Å². The van der Waals surface area contributed by atoms with Crippen LogP contribution in [-0.2, 0) is 0 Å². The van der Waals surface area contributed by atoms with Crippen LogP contribution in [0.3, 0.4) is 0 Å². The van der Waals surface area contributed by atoms with Crippen molar-refractivity contribution in [3.8, 4) is 34.3 Å². The fraction of sp³-hybridized carbons (Fsp3) is 0.133. The zero-order valence-corrected chi connectivity index (χ0v) is 11.6. The lowest BCUT2D eigenvalue weighted by molar-refractivity contribution is 0.355. The maximum Gasteiger partial charge on any atom is 0.258 e. The van der Waals surface area contributed by atoms with Crippen LogP contribution < -0.4 is 9.47 Å². The van der Waals surface area contributed by atoms with Gasteiger partial charge in [0.05, 0.1) is 14.2 Å². The number of methoxy groups -OCH3 is 2. The third-order valence-corrected chi connectivity index (χ3v) is 3.00. The molecule has 3 rings (SSSR count). The van der Waals surface area contributed by atoms with Gasteiger partial charge in [-0.25, -0.2) is 0 Å². The zero-order valence-electron chi connectivity index (χ0n) is 11.6. The first-order valence-electron chi connectivity index (χ1n) is 6.28. The molecule has 1 aromatic carbocycles. The lowest BCUT2D eigenvalue weighted by Crippen LogP contribution is -1.91. The van der Waals surface area contributed by atoms with Gasteiger partial charge in [-0.2, -0.15) is 4.98 Å². The molecule has 0 amide bonds. The van der Waals surface area contributed by atoms with Gasteiger partial charge in [-0.1, -0.05) is 5.16 Å². The molecule has 0 spiro atoms.